The number of aromatic nitrogens is 2. The molecule has 1 saturated heterocycles. The molecule has 8 nitrogen and oxygen atoms in total. The highest BCUT2D eigenvalue weighted by atomic mass is 16.6. The van der Waals surface area contributed by atoms with Crippen LogP contribution in [0.2, 0.25) is 0 Å². The van der Waals surface area contributed by atoms with E-state index in [2.05, 4.69) is 15.2 Å². The minimum Gasteiger partial charge on any atom is -0.444 e. The first-order chi connectivity index (χ1) is 11.3. The van der Waals surface area contributed by atoms with Gasteiger partial charge in [0.2, 0.25) is 11.9 Å². The molecule has 2 amide bonds. The van der Waals surface area contributed by atoms with Gasteiger partial charge in [0.25, 0.3) is 0 Å². The Morgan fingerprint density at radius 2 is 1.92 bits per heavy atom. The second-order valence-electron chi connectivity index (χ2n) is 6.88. The van der Waals surface area contributed by atoms with E-state index in [9.17, 15) is 9.59 Å². The van der Waals surface area contributed by atoms with Crippen molar-refractivity contribution in [1.82, 2.24) is 19.8 Å². The molecular formula is C16H27N5O3. The van der Waals surface area contributed by atoms with Gasteiger partial charge in [0.15, 0.2) is 0 Å². The fourth-order valence-corrected chi connectivity index (χ4v) is 2.56. The molecule has 0 saturated carbocycles. The van der Waals surface area contributed by atoms with Gasteiger partial charge in [-0.15, -0.1) is 0 Å². The van der Waals surface area contributed by atoms with Crippen LogP contribution in [0.5, 0.6) is 0 Å². The molecule has 0 bridgehead atoms. The molecule has 8 heteroatoms. The lowest BCUT2D eigenvalue weighted by atomic mass is 10.2. The summed E-state index contributed by atoms with van der Waals surface area (Å²) in [6, 6.07) is 0. The number of alkyl carbamates (subject to hydrolysis) is 1. The Hall–Kier alpha value is -2.25. The molecule has 1 aliphatic heterocycles. The summed E-state index contributed by atoms with van der Waals surface area (Å²) in [7, 11) is 1.96. The third-order valence-corrected chi connectivity index (χ3v) is 3.72. The highest BCUT2D eigenvalue weighted by Crippen LogP contribution is 2.13. The minimum atomic E-state index is -0.532. The van der Waals surface area contributed by atoms with Gasteiger partial charge in [-0.05, 0) is 20.8 Å². The number of nitrogens with zero attached hydrogens (tertiary/aromatic N) is 4. The first-order valence-corrected chi connectivity index (χ1v) is 8.23. The Kier molecular flexibility index (Phi) is 5.69. The van der Waals surface area contributed by atoms with E-state index in [0.29, 0.717) is 13.1 Å². The van der Waals surface area contributed by atoms with Gasteiger partial charge in [-0.2, -0.15) is 0 Å². The van der Waals surface area contributed by atoms with E-state index in [1.165, 1.54) is 0 Å². The lowest BCUT2D eigenvalue weighted by molar-refractivity contribution is -0.131. The summed E-state index contributed by atoms with van der Waals surface area (Å²) >= 11 is 0. The summed E-state index contributed by atoms with van der Waals surface area (Å²) in [5.41, 5.74) is -0.532. The van der Waals surface area contributed by atoms with Crippen molar-refractivity contribution < 1.29 is 14.3 Å². The number of carbonyl (C=O) groups is 2. The fraction of sp³-hybridized carbons (Fsp3) is 0.688. The summed E-state index contributed by atoms with van der Waals surface area (Å²) in [6.45, 7) is 8.55. The SMILES string of the molecule is Cn1ccnc1N1CCN(C(=O)CCNC(=O)OC(C)(C)C)CC1. The Morgan fingerprint density at radius 3 is 2.46 bits per heavy atom. The fourth-order valence-electron chi connectivity index (χ4n) is 2.56. The van der Waals surface area contributed by atoms with E-state index in [4.69, 9.17) is 4.74 Å². The van der Waals surface area contributed by atoms with Gasteiger partial charge in [0.05, 0.1) is 0 Å². The molecule has 1 aromatic rings. The molecule has 0 spiro atoms. The molecule has 1 fully saturated rings. The second-order valence-corrected chi connectivity index (χ2v) is 6.88. The van der Waals surface area contributed by atoms with E-state index >= 15 is 0 Å². The zero-order valence-corrected chi connectivity index (χ0v) is 14.9. The summed E-state index contributed by atoms with van der Waals surface area (Å²) in [6.07, 6.45) is 3.47. The molecule has 0 aliphatic carbocycles. The summed E-state index contributed by atoms with van der Waals surface area (Å²) in [4.78, 5) is 32.1. The third-order valence-electron chi connectivity index (χ3n) is 3.72. The number of rotatable bonds is 4. The van der Waals surface area contributed by atoms with Crippen molar-refractivity contribution in [2.75, 3.05) is 37.6 Å². The van der Waals surface area contributed by atoms with Crippen LogP contribution in [0.15, 0.2) is 12.4 Å². The number of aryl methyl sites for hydroxylation is 1. The maximum atomic E-state index is 12.2. The van der Waals surface area contributed by atoms with Crippen LogP contribution in [-0.4, -0.2) is 64.8 Å². The molecule has 1 aromatic heterocycles. The largest absolute Gasteiger partial charge is 0.444 e. The van der Waals surface area contributed by atoms with E-state index in [1.807, 2.05) is 22.7 Å². The Balaban J connectivity index is 1.69. The minimum absolute atomic E-state index is 0.0468. The van der Waals surface area contributed by atoms with E-state index < -0.39 is 11.7 Å². The smallest absolute Gasteiger partial charge is 0.407 e. The van der Waals surface area contributed by atoms with Gasteiger partial charge in [0, 0.05) is 58.6 Å². The molecule has 2 rings (SSSR count). The number of hydrogen-bond donors (Lipinski definition) is 1. The normalized spacial score (nSPS) is 15.3. The number of amides is 2. The van der Waals surface area contributed by atoms with Gasteiger partial charge in [0.1, 0.15) is 5.60 Å². The van der Waals surface area contributed by atoms with Crippen LogP contribution in [-0.2, 0) is 16.6 Å². The van der Waals surface area contributed by atoms with Crippen molar-refractivity contribution in [1.29, 1.82) is 0 Å². The van der Waals surface area contributed by atoms with Crippen LogP contribution >= 0.6 is 0 Å². The van der Waals surface area contributed by atoms with Gasteiger partial charge in [-0.1, -0.05) is 0 Å². The molecule has 2 heterocycles. The van der Waals surface area contributed by atoms with Crippen molar-refractivity contribution in [2.24, 2.45) is 7.05 Å². The van der Waals surface area contributed by atoms with Gasteiger partial charge < -0.3 is 24.4 Å². The number of hydrogen-bond acceptors (Lipinski definition) is 5. The number of imidazole rings is 1. The van der Waals surface area contributed by atoms with E-state index in [-0.39, 0.29) is 18.9 Å². The van der Waals surface area contributed by atoms with Gasteiger partial charge >= 0.3 is 6.09 Å². The standard InChI is InChI=1S/C16H27N5O3/c1-16(2,3)24-15(23)18-6-5-13(22)20-9-11-21(12-10-20)14-17-7-8-19(14)4/h7-8H,5-6,9-12H2,1-4H3,(H,18,23). The number of piperazine rings is 1. The predicted octanol–water partition coefficient (Wildman–Crippen LogP) is 0.983. The van der Waals surface area contributed by atoms with Crippen molar-refractivity contribution in [2.45, 2.75) is 32.8 Å². The summed E-state index contributed by atoms with van der Waals surface area (Å²) in [5.74, 6) is 0.972. The maximum absolute atomic E-state index is 12.2. The van der Waals surface area contributed by atoms with Gasteiger partial charge in [-0.3, -0.25) is 4.79 Å². The molecule has 1 aliphatic rings. The topological polar surface area (TPSA) is 79.7 Å². The second kappa shape index (κ2) is 7.55. The number of nitrogens with one attached hydrogen (secondary N) is 1. The molecule has 0 unspecified atom stereocenters. The van der Waals surface area contributed by atoms with Crippen LogP contribution in [0.1, 0.15) is 27.2 Å². The zero-order valence-electron chi connectivity index (χ0n) is 14.9. The highest BCUT2D eigenvalue weighted by Gasteiger charge is 2.23. The highest BCUT2D eigenvalue weighted by molar-refractivity contribution is 5.77. The number of ether oxygens (including phenoxy) is 1. The van der Waals surface area contributed by atoms with Crippen LogP contribution in [0.4, 0.5) is 10.7 Å². The molecule has 24 heavy (non-hydrogen) atoms. The Morgan fingerprint density at radius 1 is 1.25 bits per heavy atom. The van der Waals surface area contributed by atoms with Crippen molar-refractivity contribution in [3.05, 3.63) is 12.4 Å². The predicted molar refractivity (Wildman–Crippen MR) is 90.9 cm³/mol. The average molecular weight is 337 g/mol. The molecular weight excluding hydrogens is 310 g/mol. The Labute approximate surface area is 142 Å². The first-order valence-electron chi connectivity index (χ1n) is 8.23. The molecule has 0 radical (unpaired) electrons. The zero-order chi connectivity index (χ0) is 17.7. The number of anilines is 1. The maximum Gasteiger partial charge on any atom is 0.407 e. The molecule has 0 aromatic carbocycles. The summed E-state index contributed by atoms with van der Waals surface area (Å²) in [5, 5.41) is 2.62. The van der Waals surface area contributed by atoms with Gasteiger partial charge in [-0.25, -0.2) is 9.78 Å². The van der Waals surface area contributed by atoms with Crippen molar-refractivity contribution in [3.63, 3.8) is 0 Å². The van der Waals surface area contributed by atoms with Crippen LogP contribution in [0, 0.1) is 0 Å². The quantitative estimate of drug-likeness (QED) is 0.886. The lowest BCUT2D eigenvalue weighted by Crippen LogP contribution is -2.50. The van der Waals surface area contributed by atoms with Crippen molar-refractivity contribution in [3.8, 4) is 0 Å². The number of carbonyl (C=O) groups excluding carboxylic acids is 2. The molecule has 0 atom stereocenters. The van der Waals surface area contributed by atoms with E-state index in [1.54, 1.807) is 27.0 Å². The first kappa shape index (κ1) is 18.1. The van der Waals surface area contributed by atoms with Crippen LogP contribution in [0.25, 0.3) is 0 Å². The average Bonchev–Trinajstić information content (AvgIpc) is 2.91. The monoisotopic (exact) mass is 337 g/mol. The van der Waals surface area contributed by atoms with Crippen LogP contribution in [0.3, 0.4) is 0 Å². The molecule has 134 valence electrons. The molecule has 1 N–H and O–H groups in total. The van der Waals surface area contributed by atoms with E-state index in [0.717, 1.165) is 19.0 Å². The summed E-state index contributed by atoms with van der Waals surface area (Å²) < 4.78 is 7.12. The lowest BCUT2D eigenvalue weighted by Gasteiger charge is -2.35. The third kappa shape index (κ3) is 5.14. The van der Waals surface area contributed by atoms with Crippen LogP contribution < -0.4 is 10.2 Å². The van der Waals surface area contributed by atoms with Crippen molar-refractivity contribution >= 4 is 17.9 Å². The Bertz CT molecular complexity index is 571.